The van der Waals surface area contributed by atoms with Gasteiger partial charge in [0.2, 0.25) is 0 Å². The molecule has 0 atom stereocenters. The average Bonchev–Trinajstić information content (AvgIpc) is 3.00. The Hall–Kier alpha value is -3.34. The number of pyridine rings is 1. The minimum atomic E-state index is 0. The van der Waals surface area contributed by atoms with Gasteiger partial charge in [0.1, 0.15) is 18.0 Å². The van der Waals surface area contributed by atoms with E-state index in [1.54, 1.807) is 6.07 Å². The van der Waals surface area contributed by atoms with E-state index in [-0.39, 0.29) is 17.0 Å². The number of benzene rings is 3. The third-order valence-electron chi connectivity index (χ3n) is 7.11. The van der Waals surface area contributed by atoms with Crippen molar-refractivity contribution in [2.45, 2.75) is 57.9 Å². The minimum Gasteiger partial charge on any atom is -1.00 e. The van der Waals surface area contributed by atoms with Crippen LogP contribution in [0.4, 0.5) is 0 Å². The average molecular weight is 647 g/mol. The molecule has 220 valence electrons. The van der Waals surface area contributed by atoms with Gasteiger partial charge >= 0.3 is 0 Å². The highest BCUT2D eigenvalue weighted by atomic mass is 79.9. The minimum absolute atomic E-state index is 0. The highest BCUT2D eigenvalue weighted by molar-refractivity contribution is 6.30. The Morgan fingerprint density at radius 3 is 1.76 bits per heavy atom. The molecule has 0 bridgehead atoms. The SMILES string of the molecule is Oc1ccccc1/C=C/c1cc[n+](CCCCCCCCCCOc2ccc(/C=C/c3ccc(Cl)cc3)cc2)cc1.[Br-]. The molecule has 0 unspecified atom stereocenters. The summed E-state index contributed by atoms with van der Waals surface area (Å²) in [5.74, 6) is 1.24. The number of aromatic nitrogens is 1. The summed E-state index contributed by atoms with van der Waals surface area (Å²) >= 11 is 5.94. The molecule has 0 aliphatic carbocycles. The summed E-state index contributed by atoms with van der Waals surface area (Å²) in [5, 5.41) is 10.6. The maximum Gasteiger partial charge on any atom is 0.169 e. The van der Waals surface area contributed by atoms with Crippen LogP contribution in [-0.2, 0) is 6.54 Å². The summed E-state index contributed by atoms with van der Waals surface area (Å²) in [6.45, 7) is 1.83. The molecule has 0 aliphatic heterocycles. The van der Waals surface area contributed by atoms with Gasteiger partial charge < -0.3 is 26.8 Å². The predicted octanol–water partition coefficient (Wildman–Crippen LogP) is 6.88. The molecule has 1 N–H and O–H groups in total. The van der Waals surface area contributed by atoms with Crippen molar-refractivity contribution in [3.8, 4) is 11.5 Å². The number of ether oxygens (including phenoxy) is 1. The number of nitrogens with zero attached hydrogens (tertiary/aromatic N) is 1. The smallest absolute Gasteiger partial charge is 0.169 e. The van der Waals surface area contributed by atoms with Crippen molar-refractivity contribution >= 4 is 35.9 Å². The number of aromatic hydroxyl groups is 1. The first-order valence-corrected chi connectivity index (χ1v) is 15.2. The van der Waals surface area contributed by atoms with Gasteiger partial charge in [-0.2, -0.15) is 0 Å². The second-order valence-electron chi connectivity index (χ2n) is 10.4. The third kappa shape index (κ3) is 12.3. The normalized spacial score (nSPS) is 11.2. The van der Waals surface area contributed by atoms with E-state index in [1.807, 2.05) is 66.7 Å². The molecule has 3 nitrogen and oxygen atoms in total. The van der Waals surface area contributed by atoms with Crippen molar-refractivity contribution in [2.24, 2.45) is 0 Å². The number of unbranched alkanes of at least 4 members (excludes halogenated alkanes) is 7. The van der Waals surface area contributed by atoms with Crippen LogP contribution >= 0.6 is 11.6 Å². The van der Waals surface area contributed by atoms with Gasteiger partial charge in [-0.3, -0.25) is 0 Å². The van der Waals surface area contributed by atoms with Gasteiger partial charge in [0.15, 0.2) is 12.4 Å². The van der Waals surface area contributed by atoms with E-state index in [0.29, 0.717) is 5.75 Å². The second-order valence-corrected chi connectivity index (χ2v) is 10.8. The van der Waals surface area contributed by atoms with Crippen molar-refractivity contribution in [3.63, 3.8) is 0 Å². The van der Waals surface area contributed by atoms with Crippen LogP contribution in [0.5, 0.6) is 11.5 Å². The summed E-state index contributed by atoms with van der Waals surface area (Å²) in [4.78, 5) is 0. The highest BCUT2D eigenvalue weighted by Gasteiger charge is 2.01. The summed E-state index contributed by atoms with van der Waals surface area (Å²) < 4.78 is 8.18. The molecular weight excluding hydrogens is 606 g/mol. The fourth-order valence-electron chi connectivity index (χ4n) is 4.63. The molecule has 0 saturated heterocycles. The monoisotopic (exact) mass is 645 g/mol. The Bertz CT molecular complexity index is 1370. The molecule has 1 heterocycles. The fourth-order valence-corrected chi connectivity index (χ4v) is 4.76. The van der Waals surface area contributed by atoms with Gasteiger partial charge in [0.05, 0.1) is 6.61 Å². The second kappa shape index (κ2) is 19.0. The zero-order chi connectivity index (χ0) is 28.5. The highest BCUT2D eigenvalue weighted by Crippen LogP contribution is 2.19. The van der Waals surface area contributed by atoms with Gasteiger partial charge in [-0.25, -0.2) is 4.57 Å². The topological polar surface area (TPSA) is 33.3 Å². The number of hydrogen-bond donors (Lipinski definition) is 1. The van der Waals surface area contributed by atoms with E-state index in [2.05, 4.69) is 53.4 Å². The lowest BCUT2D eigenvalue weighted by molar-refractivity contribution is -0.697. The van der Waals surface area contributed by atoms with E-state index in [1.165, 1.54) is 44.9 Å². The largest absolute Gasteiger partial charge is 1.00 e. The van der Waals surface area contributed by atoms with Crippen LogP contribution in [-0.4, -0.2) is 11.7 Å². The maximum absolute atomic E-state index is 9.88. The molecule has 4 aromatic rings. The molecule has 0 amide bonds. The molecule has 0 saturated carbocycles. The summed E-state index contributed by atoms with van der Waals surface area (Å²) in [5.41, 5.74) is 4.25. The zero-order valence-corrected chi connectivity index (χ0v) is 26.5. The number of aryl methyl sites for hydroxylation is 1. The summed E-state index contributed by atoms with van der Waals surface area (Å²) in [6, 6.07) is 27.7. The standard InChI is InChI=1S/C37H40ClNO2.BrH/c38-35-21-16-31(17-22-35)13-14-32-18-23-36(24-19-32)41-30-10-6-4-2-1-3-5-9-27-39-28-25-33(26-29-39)15-20-34-11-7-8-12-37(34)40;/h7-8,11-26,28-29H,1-6,9-10,27,30H2;1H/b14-13+;. The number of halogens is 2. The van der Waals surface area contributed by atoms with Crippen molar-refractivity contribution in [2.75, 3.05) is 6.61 Å². The van der Waals surface area contributed by atoms with Gasteiger partial charge in [-0.15, -0.1) is 0 Å². The van der Waals surface area contributed by atoms with E-state index >= 15 is 0 Å². The van der Waals surface area contributed by atoms with Crippen LogP contribution in [0.25, 0.3) is 24.3 Å². The molecule has 0 spiro atoms. The molecule has 1 aromatic heterocycles. The Kier molecular flexibility index (Phi) is 15.0. The Balaban J connectivity index is 0.00000484. The van der Waals surface area contributed by atoms with Gasteiger partial charge in [0, 0.05) is 29.1 Å². The Labute approximate surface area is 266 Å². The van der Waals surface area contributed by atoms with E-state index in [0.717, 1.165) is 52.6 Å². The lowest BCUT2D eigenvalue weighted by Gasteiger charge is -2.06. The number of para-hydroxylation sites is 1. The molecule has 42 heavy (non-hydrogen) atoms. The summed E-state index contributed by atoms with van der Waals surface area (Å²) in [7, 11) is 0. The Morgan fingerprint density at radius 1 is 0.595 bits per heavy atom. The van der Waals surface area contributed by atoms with Crippen molar-refractivity contribution in [1.82, 2.24) is 0 Å². The predicted molar refractivity (Wildman–Crippen MR) is 173 cm³/mol. The van der Waals surface area contributed by atoms with Crippen LogP contribution in [0.2, 0.25) is 5.02 Å². The van der Waals surface area contributed by atoms with Crippen LogP contribution in [0.1, 0.15) is 73.6 Å². The lowest BCUT2D eigenvalue weighted by Crippen LogP contribution is -3.00. The number of phenolic OH excluding ortho intramolecular Hbond substituents is 1. The molecule has 0 aliphatic rings. The van der Waals surface area contributed by atoms with Crippen LogP contribution in [0.15, 0.2) is 97.3 Å². The van der Waals surface area contributed by atoms with Gasteiger partial charge in [0.25, 0.3) is 0 Å². The van der Waals surface area contributed by atoms with Gasteiger partial charge in [-0.05, 0) is 59.9 Å². The first kappa shape index (κ1) is 33.2. The van der Waals surface area contributed by atoms with Crippen LogP contribution in [0.3, 0.4) is 0 Å². The van der Waals surface area contributed by atoms with Crippen molar-refractivity contribution in [3.05, 3.63) is 125 Å². The first-order chi connectivity index (χ1) is 20.2. The maximum atomic E-state index is 9.88. The zero-order valence-electron chi connectivity index (χ0n) is 24.2. The molecular formula is C37H41BrClNO2. The fraction of sp³-hybridized carbons (Fsp3) is 0.270. The van der Waals surface area contributed by atoms with Crippen molar-refractivity contribution in [1.29, 1.82) is 0 Å². The summed E-state index contributed by atoms with van der Waals surface area (Å²) in [6.07, 6.45) is 22.5. The molecule has 3 aromatic carbocycles. The molecule has 0 fully saturated rings. The molecule has 5 heteroatoms. The quantitative estimate of drug-likeness (QED) is 0.0819. The van der Waals surface area contributed by atoms with E-state index in [4.69, 9.17) is 16.3 Å². The van der Waals surface area contributed by atoms with Gasteiger partial charge in [-0.1, -0.05) is 110 Å². The van der Waals surface area contributed by atoms with Crippen LogP contribution < -0.4 is 26.3 Å². The number of rotatable bonds is 16. The van der Waals surface area contributed by atoms with Crippen molar-refractivity contribution < 1.29 is 31.4 Å². The van der Waals surface area contributed by atoms with E-state index in [9.17, 15) is 5.11 Å². The van der Waals surface area contributed by atoms with E-state index < -0.39 is 0 Å². The number of hydrogen-bond acceptors (Lipinski definition) is 2. The third-order valence-corrected chi connectivity index (χ3v) is 7.36. The van der Waals surface area contributed by atoms with Crippen LogP contribution in [0, 0.1) is 0 Å². The lowest BCUT2D eigenvalue weighted by atomic mass is 10.1. The first-order valence-electron chi connectivity index (χ1n) is 14.8. The molecule has 0 radical (unpaired) electrons. The number of phenols is 1. The Morgan fingerprint density at radius 2 is 1.12 bits per heavy atom. The molecule has 4 rings (SSSR count).